The maximum atomic E-state index is 13.8. The zero-order valence-electron chi connectivity index (χ0n) is 10.9. The summed E-state index contributed by atoms with van der Waals surface area (Å²) in [4.78, 5) is 0. The fourth-order valence-corrected chi connectivity index (χ4v) is 1.90. The Bertz CT molecular complexity index is 434. The van der Waals surface area contributed by atoms with Crippen molar-refractivity contribution in [2.75, 3.05) is 13.2 Å². The lowest BCUT2D eigenvalue weighted by Crippen LogP contribution is -2.39. The van der Waals surface area contributed by atoms with E-state index < -0.39 is 11.6 Å². The van der Waals surface area contributed by atoms with Crippen molar-refractivity contribution >= 4 is 0 Å². The molecule has 0 spiro atoms. The molecule has 0 unspecified atom stereocenters. The Morgan fingerprint density at radius 2 is 1.94 bits per heavy atom. The maximum absolute atomic E-state index is 13.8. The quantitative estimate of drug-likeness (QED) is 0.826. The van der Waals surface area contributed by atoms with Gasteiger partial charge in [-0.3, -0.25) is 0 Å². The average Bonchev–Trinajstić information content (AvgIpc) is 2.10. The summed E-state index contributed by atoms with van der Waals surface area (Å²) in [6.45, 7) is 6.99. The molecule has 0 atom stereocenters. The highest BCUT2D eigenvalue weighted by Crippen LogP contribution is 2.32. The topological polar surface area (TPSA) is 18.5 Å². The molecule has 0 aliphatic carbocycles. The summed E-state index contributed by atoms with van der Waals surface area (Å²) in [5, 5.41) is 0. The van der Waals surface area contributed by atoms with Crippen LogP contribution in [0.1, 0.15) is 26.3 Å². The summed E-state index contributed by atoms with van der Waals surface area (Å²) in [7, 11) is 0. The van der Waals surface area contributed by atoms with E-state index in [1.54, 1.807) is 0 Å². The SMILES string of the molecule is CC(C)(C)Cc1cc(F)cc(F)c1OC1COC1. The molecule has 1 heterocycles. The Kier molecular flexibility index (Phi) is 3.57. The summed E-state index contributed by atoms with van der Waals surface area (Å²) in [6, 6.07) is 2.21. The zero-order chi connectivity index (χ0) is 13.3. The highest BCUT2D eigenvalue weighted by molar-refractivity contribution is 5.36. The molecule has 0 saturated carbocycles. The van der Waals surface area contributed by atoms with E-state index in [0.717, 1.165) is 6.07 Å². The maximum Gasteiger partial charge on any atom is 0.168 e. The predicted molar refractivity (Wildman–Crippen MR) is 64.8 cm³/mol. The molecule has 0 N–H and O–H groups in total. The molecular formula is C14H18F2O2. The predicted octanol–water partition coefficient (Wildman–Crippen LogP) is 3.33. The highest BCUT2D eigenvalue weighted by atomic mass is 19.1. The molecular weight excluding hydrogens is 238 g/mol. The van der Waals surface area contributed by atoms with E-state index >= 15 is 0 Å². The molecule has 18 heavy (non-hydrogen) atoms. The molecule has 0 aromatic heterocycles. The molecule has 1 saturated heterocycles. The lowest BCUT2D eigenvalue weighted by atomic mass is 9.87. The first-order valence-electron chi connectivity index (χ1n) is 6.07. The largest absolute Gasteiger partial charge is 0.482 e. The summed E-state index contributed by atoms with van der Waals surface area (Å²) < 4.78 is 37.6. The van der Waals surface area contributed by atoms with Crippen molar-refractivity contribution in [3.8, 4) is 5.75 Å². The normalized spacial score (nSPS) is 16.5. The fraction of sp³-hybridized carbons (Fsp3) is 0.571. The summed E-state index contributed by atoms with van der Waals surface area (Å²) in [5.74, 6) is -1.04. The van der Waals surface area contributed by atoms with Gasteiger partial charge < -0.3 is 9.47 Å². The molecule has 1 aromatic rings. The van der Waals surface area contributed by atoms with Crippen molar-refractivity contribution in [1.82, 2.24) is 0 Å². The lowest BCUT2D eigenvalue weighted by Gasteiger charge is -2.29. The van der Waals surface area contributed by atoms with Crippen LogP contribution in [0.2, 0.25) is 0 Å². The number of benzene rings is 1. The monoisotopic (exact) mass is 256 g/mol. The summed E-state index contributed by atoms with van der Waals surface area (Å²) >= 11 is 0. The summed E-state index contributed by atoms with van der Waals surface area (Å²) in [5.41, 5.74) is 0.515. The molecule has 1 aliphatic heterocycles. The second kappa shape index (κ2) is 4.84. The van der Waals surface area contributed by atoms with Crippen LogP contribution in [0.15, 0.2) is 12.1 Å². The molecule has 2 nitrogen and oxygen atoms in total. The van der Waals surface area contributed by atoms with Crippen LogP contribution < -0.4 is 4.74 Å². The minimum Gasteiger partial charge on any atom is -0.482 e. The number of hydrogen-bond donors (Lipinski definition) is 0. The van der Waals surface area contributed by atoms with Crippen LogP contribution in [0.5, 0.6) is 5.75 Å². The first-order valence-corrected chi connectivity index (χ1v) is 6.07. The molecule has 0 amide bonds. The van der Waals surface area contributed by atoms with Crippen LogP contribution >= 0.6 is 0 Å². The van der Waals surface area contributed by atoms with Crippen molar-refractivity contribution in [3.63, 3.8) is 0 Å². The van der Waals surface area contributed by atoms with Gasteiger partial charge in [0.25, 0.3) is 0 Å². The van der Waals surface area contributed by atoms with Crippen LogP contribution in [0.3, 0.4) is 0 Å². The van der Waals surface area contributed by atoms with E-state index in [-0.39, 0.29) is 17.3 Å². The van der Waals surface area contributed by atoms with Crippen molar-refractivity contribution in [2.24, 2.45) is 5.41 Å². The van der Waals surface area contributed by atoms with Crippen molar-refractivity contribution in [2.45, 2.75) is 33.3 Å². The van der Waals surface area contributed by atoms with Crippen LogP contribution in [0, 0.1) is 17.0 Å². The van der Waals surface area contributed by atoms with E-state index in [0.29, 0.717) is 25.2 Å². The van der Waals surface area contributed by atoms with E-state index in [9.17, 15) is 8.78 Å². The standard InChI is InChI=1S/C14H18F2O2/c1-14(2,3)6-9-4-10(15)5-12(16)13(9)18-11-7-17-8-11/h4-5,11H,6-8H2,1-3H3. The van der Waals surface area contributed by atoms with Crippen LogP contribution in [0.25, 0.3) is 0 Å². The van der Waals surface area contributed by atoms with Gasteiger partial charge in [0.05, 0.1) is 13.2 Å². The van der Waals surface area contributed by atoms with E-state index in [4.69, 9.17) is 9.47 Å². The van der Waals surface area contributed by atoms with Crippen LogP contribution in [-0.4, -0.2) is 19.3 Å². The Labute approximate surface area is 106 Å². The Balaban J connectivity index is 2.28. The number of ether oxygens (including phenoxy) is 2. The Hall–Kier alpha value is -1.16. The molecule has 4 heteroatoms. The minimum absolute atomic E-state index is 0.0611. The van der Waals surface area contributed by atoms with Gasteiger partial charge >= 0.3 is 0 Å². The first-order chi connectivity index (χ1) is 8.35. The van der Waals surface area contributed by atoms with Crippen molar-refractivity contribution < 1.29 is 18.3 Å². The van der Waals surface area contributed by atoms with E-state index in [1.807, 2.05) is 20.8 Å². The zero-order valence-corrected chi connectivity index (χ0v) is 10.9. The summed E-state index contributed by atoms with van der Waals surface area (Å²) in [6.07, 6.45) is 0.439. The van der Waals surface area contributed by atoms with Gasteiger partial charge in [0.1, 0.15) is 11.9 Å². The van der Waals surface area contributed by atoms with Gasteiger partial charge in [-0.15, -0.1) is 0 Å². The molecule has 0 bridgehead atoms. The molecule has 1 aliphatic rings. The fourth-order valence-electron chi connectivity index (χ4n) is 1.90. The van der Waals surface area contributed by atoms with Crippen LogP contribution in [0.4, 0.5) is 8.78 Å². The third-order valence-electron chi connectivity index (χ3n) is 2.70. The molecule has 2 rings (SSSR count). The van der Waals surface area contributed by atoms with Gasteiger partial charge in [0.15, 0.2) is 11.6 Å². The third-order valence-corrected chi connectivity index (χ3v) is 2.70. The second-order valence-corrected chi connectivity index (χ2v) is 5.89. The smallest absolute Gasteiger partial charge is 0.168 e. The molecule has 1 aromatic carbocycles. The van der Waals surface area contributed by atoms with Crippen LogP contribution in [-0.2, 0) is 11.2 Å². The molecule has 100 valence electrons. The number of rotatable bonds is 3. The average molecular weight is 256 g/mol. The van der Waals surface area contributed by atoms with Crippen molar-refractivity contribution in [3.05, 3.63) is 29.3 Å². The third kappa shape index (κ3) is 3.19. The van der Waals surface area contributed by atoms with Gasteiger partial charge in [0.2, 0.25) is 0 Å². The van der Waals surface area contributed by atoms with E-state index in [2.05, 4.69) is 0 Å². The first kappa shape index (κ1) is 13.3. The van der Waals surface area contributed by atoms with Gasteiger partial charge in [-0.25, -0.2) is 8.78 Å². The Morgan fingerprint density at radius 3 is 2.44 bits per heavy atom. The van der Waals surface area contributed by atoms with Crippen molar-refractivity contribution in [1.29, 1.82) is 0 Å². The van der Waals surface area contributed by atoms with Gasteiger partial charge in [0, 0.05) is 11.6 Å². The lowest BCUT2D eigenvalue weighted by molar-refractivity contribution is -0.0813. The van der Waals surface area contributed by atoms with Gasteiger partial charge in [-0.1, -0.05) is 20.8 Å². The molecule has 0 radical (unpaired) electrons. The second-order valence-electron chi connectivity index (χ2n) is 5.89. The molecule has 1 fully saturated rings. The Morgan fingerprint density at radius 1 is 1.28 bits per heavy atom. The number of halogens is 2. The number of hydrogen-bond acceptors (Lipinski definition) is 2. The van der Waals surface area contributed by atoms with Gasteiger partial charge in [-0.2, -0.15) is 0 Å². The highest BCUT2D eigenvalue weighted by Gasteiger charge is 2.25. The van der Waals surface area contributed by atoms with E-state index in [1.165, 1.54) is 6.07 Å². The minimum atomic E-state index is -0.638. The van der Waals surface area contributed by atoms with Gasteiger partial charge in [-0.05, 0) is 17.9 Å².